The summed E-state index contributed by atoms with van der Waals surface area (Å²) < 4.78 is 0.849. The third kappa shape index (κ3) is 5.90. The lowest BCUT2D eigenvalue weighted by Gasteiger charge is -2.16. The predicted octanol–water partition coefficient (Wildman–Crippen LogP) is 3.26. The minimum absolute atomic E-state index is 0.121. The number of benzene rings is 1. The van der Waals surface area contributed by atoms with E-state index in [0.717, 1.165) is 26.2 Å². The molecule has 144 valence electrons. The molecule has 2 aromatic rings. The van der Waals surface area contributed by atoms with Crippen molar-refractivity contribution in [2.75, 3.05) is 25.5 Å². The van der Waals surface area contributed by atoms with E-state index in [1.165, 1.54) is 16.2 Å². The second-order valence-corrected chi connectivity index (χ2v) is 8.83. The summed E-state index contributed by atoms with van der Waals surface area (Å²) in [5, 5.41) is 5.37. The molecule has 0 unspecified atom stereocenters. The van der Waals surface area contributed by atoms with Crippen molar-refractivity contribution in [1.82, 2.24) is 10.2 Å². The number of hydrogen-bond donors (Lipinski definition) is 2. The van der Waals surface area contributed by atoms with Crippen molar-refractivity contribution >= 4 is 50.7 Å². The van der Waals surface area contributed by atoms with Crippen LogP contribution in [0.1, 0.15) is 26.4 Å². The van der Waals surface area contributed by atoms with Crippen LogP contribution in [-0.4, -0.2) is 42.8 Å². The Kier molecular flexibility index (Phi) is 7.15. The van der Waals surface area contributed by atoms with E-state index >= 15 is 0 Å². The fourth-order valence-corrected chi connectivity index (χ4v) is 4.08. The largest absolute Gasteiger partial charge is 0.345 e. The summed E-state index contributed by atoms with van der Waals surface area (Å²) in [6.45, 7) is 5.58. The zero-order valence-corrected chi connectivity index (χ0v) is 18.1. The van der Waals surface area contributed by atoms with Crippen LogP contribution in [0.15, 0.2) is 28.1 Å². The number of rotatable bonds is 6. The third-order valence-electron chi connectivity index (χ3n) is 3.90. The number of aryl methyl sites for hydroxylation is 3. The molecule has 0 bridgehead atoms. The minimum Gasteiger partial charge on any atom is -0.345 e. The molecule has 3 amide bonds. The van der Waals surface area contributed by atoms with Crippen molar-refractivity contribution in [1.29, 1.82) is 0 Å². The summed E-state index contributed by atoms with van der Waals surface area (Å²) in [6, 6.07) is 7.46. The van der Waals surface area contributed by atoms with Crippen LogP contribution in [0.3, 0.4) is 0 Å². The maximum atomic E-state index is 12.2. The zero-order valence-electron chi connectivity index (χ0n) is 15.7. The number of thiophene rings is 1. The van der Waals surface area contributed by atoms with Crippen LogP contribution in [0.4, 0.5) is 5.69 Å². The molecule has 1 heterocycles. The summed E-state index contributed by atoms with van der Waals surface area (Å²) in [7, 11) is 1.55. The second-order valence-electron chi connectivity index (χ2n) is 6.36. The van der Waals surface area contributed by atoms with E-state index in [1.807, 2.05) is 32.9 Å². The van der Waals surface area contributed by atoms with Crippen molar-refractivity contribution < 1.29 is 14.4 Å². The molecular weight excluding hydrogens is 430 g/mol. The van der Waals surface area contributed by atoms with Crippen LogP contribution in [0.25, 0.3) is 0 Å². The van der Waals surface area contributed by atoms with Gasteiger partial charge in [0, 0.05) is 12.7 Å². The first-order chi connectivity index (χ1) is 12.7. The molecule has 0 spiro atoms. The molecule has 0 aliphatic rings. The number of likely N-dealkylation sites (N-methyl/N-ethyl adjacent to an activating group) is 1. The number of halogens is 1. The lowest BCUT2D eigenvalue weighted by molar-refractivity contribution is -0.124. The number of carbonyl (C=O) groups is 3. The third-order valence-corrected chi connectivity index (χ3v) is 5.51. The quantitative estimate of drug-likeness (QED) is 0.707. The van der Waals surface area contributed by atoms with E-state index in [9.17, 15) is 14.4 Å². The Morgan fingerprint density at radius 1 is 1.07 bits per heavy atom. The molecule has 0 fully saturated rings. The van der Waals surface area contributed by atoms with Gasteiger partial charge in [0.2, 0.25) is 11.8 Å². The Balaban J connectivity index is 1.84. The van der Waals surface area contributed by atoms with Crippen LogP contribution < -0.4 is 10.6 Å². The van der Waals surface area contributed by atoms with Gasteiger partial charge in [0.1, 0.15) is 0 Å². The molecule has 6 nitrogen and oxygen atoms in total. The number of nitrogens with zero attached hydrogens (tertiary/aromatic N) is 1. The van der Waals surface area contributed by atoms with Gasteiger partial charge in [-0.3, -0.25) is 14.4 Å². The molecule has 0 atom stereocenters. The molecule has 1 aromatic heterocycles. The highest BCUT2D eigenvalue weighted by atomic mass is 79.9. The van der Waals surface area contributed by atoms with E-state index < -0.39 is 5.91 Å². The van der Waals surface area contributed by atoms with Crippen molar-refractivity contribution in [3.05, 3.63) is 49.6 Å². The van der Waals surface area contributed by atoms with E-state index in [0.29, 0.717) is 4.88 Å². The van der Waals surface area contributed by atoms with Crippen LogP contribution in [0.5, 0.6) is 0 Å². The Hall–Kier alpha value is -2.19. The van der Waals surface area contributed by atoms with Crippen molar-refractivity contribution in [2.45, 2.75) is 20.8 Å². The Morgan fingerprint density at radius 3 is 2.26 bits per heavy atom. The maximum absolute atomic E-state index is 12.2. The number of amides is 3. The van der Waals surface area contributed by atoms with Gasteiger partial charge in [0.15, 0.2) is 0 Å². The molecule has 0 saturated carbocycles. The monoisotopic (exact) mass is 451 g/mol. The molecular formula is C19H22BrN3O3S. The maximum Gasteiger partial charge on any atom is 0.264 e. The molecule has 1 aromatic carbocycles. The van der Waals surface area contributed by atoms with Gasteiger partial charge in [0.05, 0.1) is 21.8 Å². The highest BCUT2D eigenvalue weighted by Crippen LogP contribution is 2.23. The molecule has 27 heavy (non-hydrogen) atoms. The van der Waals surface area contributed by atoms with E-state index in [2.05, 4.69) is 26.6 Å². The van der Waals surface area contributed by atoms with Gasteiger partial charge in [-0.2, -0.15) is 0 Å². The standard InChI is InChI=1S/C19H22BrN3O3S/c1-11-7-12(2)18(13(3)8-11)22-16(24)9-21-17(25)10-23(4)19(26)14-5-6-15(20)27-14/h5-8H,9-10H2,1-4H3,(H,21,25)(H,22,24). The van der Waals surface area contributed by atoms with Crippen LogP contribution in [-0.2, 0) is 9.59 Å². The Bertz CT molecular complexity index is 856. The molecule has 2 N–H and O–H groups in total. The van der Waals surface area contributed by atoms with Gasteiger partial charge < -0.3 is 15.5 Å². The molecule has 0 radical (unpaired) electrons. The van der Waals surface area contributed by atoms with E-state index in [1.54, 1.807) is 19.2 Å². The summed E-state index contributed by atoms with van der Waals surface area (Å²) in [4.78, 5) is 38.3. The predicted molar refractivity (Wildman–Crippen MR) is 111 cm³/mol. The first kappa shape index (κ1) is 21.1. The van der Waals surface area contributed by atoms with Crippen LogP contribution in [0.2, 0.25) is 0 Å². The van der Waals surface area contributed by atoms with Gasteiger partial charge in [-0.1, -0.05) is 17.7 Å². The number of anilines is 1. The van der Waals surface area contributed by atoms with Gasteiger partial charge in [-0.15, -0.1) is 11.3 Å². The normalized spacial score (nSPS) is 10.4. The van der Waals surface area contributed by atoms with Gasteiger partial charge >= 0.3 is 0 Å². The molecule has 0 aliphatic carbocycles. The summed E-state index contributed by atoms with van der Waals surface area (Å²) in [5.74, 6) is -0.945. The average molecular weight is 452 g/mol. The highest BCUT2D eigenvalue weighted by Gasteiger charge is 2.17. The number of carbonyl (C=O) groups excluding carboxylic acids is 3. The molecule has 2 rings (SSSR count). The SMILES string of the molecule is Cc1cc(C)c(NC(=O)CNC(=O)CN(C)C(=O)c2ccc(Br)s2)c(C)c1. The lowest BCUT2D eigenvalue weighted by Crippen LogP contribution is -2.41. The van der Waals surface area contributed by atoms with Crippen LogP contribution in [0, 0.1) is 20.8 Å². The molecule has 8 heteroatoms. The number of nitrogens with one attached hydrogen (secondary N) is 2. The second kappa shape index (κ2) is 9.14. The first-order valence-electron chi connectivity index (χ1n) is 8.32. The number of hydrogen-bond acceptors (Lipinski definition) is 4. The smallest absolute Gasteiger partial charge is 0.264 e. The average Bonchev–Trinajstić information content (AvgIpc) is 3.01. The van der Waals surface area contributed by atoms with Crippen molar-refractivity contribution in [3.63, 3.8) is 0 Å². The topological polar surface area (TPSA) is 78.5 Å². The van der Waals surface area contributed by atoms with Crippen molar-refractivity contribution in [3.8, 4) is 0 Å². The fourth-order valence-electron chi connectivity index (χ4n) is 2.70. The van der Waals surface area contributed by atoms with E-state index in [4.69, 9.17) is 0 Å². The zero-order chi connectivity index (χ0) is 20.1. The Labute approximate surface area is 171 Å². The molecule has 0 aliphatic heterocycles. The van der Waals surface area contributed by atoms with Crippen LogP contribution >= 0.6 is 27.3 Å². The Morgan fingerprint density at radius 2 is 1.70 bits per heavy atom. The van der Waals surface area contributed by atoms with Gasteiger partial charge in [-0.05, 0) is 60.0 Å². The summed E-state index contributed by atoms with van der Waals surface area (Å²) in [5.41, 5.74) is 3.83. The summed E-state index contributed by atoms with van der Waals surface area (Å²) >= 11 is 4.61. The fraction of sp³-hybridized carbons (Fsp3) is 0.316. The van der Waals surface area contributed by atoms with Crippen molar-refractivity contribution in [2.24, 2.45) is 0 Å². The highest BCUT2D eigenvalue weighted by molar-refractivity contribution is 9.11. The first-order valence-corrected chi connectivity index (χ1v) is 9.93. The molecule has 0 saturated heterocycles. The van der Waals surface area contributed by atoms with Gasteiger partial charge in [-0.25, -0.2) is 0 Å². The lowest BCUT2D eigenvalue weighted by atomic mass is 10.1. The summed E-state index contributed by atoms with van der Waals surface area (Å²) in [6.07, 6.45) is 0. The van der Waals surface area contributed by atoms with Gasteiger partial charge in [0.25, 0.3) is 5.91 Å². The minimum atomic E-state index is -0.394. The van der Waals surface area contributed by atoms with E-state index in [-0.39, 0.29) is 24.9 Å².